The minimum Gasteiger partial charge on any atom is -0.469 e. The Labute approximate surface area is 102 Å². The number of carbonyl (C=O) groups is 1. The van der Waals surface area contributed by atoms with E-state index in [0.29, 0.717) is 0 Å². The summed E-state index contributed by atoms with van der Waals surface area (Å²) in [7, 11) is -2.81. The van der Waals surface area contributed by atoms with Gasteiger partial charge >= 0.3 is 5.97 Å². The Hall–Kier alpha value is -1.77. The number of sulfonamides is 1. The van der Waals surface area contributed by atoms with Crippen molar-refractivity contribution in [3.63, 3.8) is 0 Å². The van der Waals surface area contributed by atoms with Crippen LogP contribution in [-0.2, 0) is 19.6 Å². The molecule has 1 aromatic rings. The van der Waals surface area contributed by atoms with Gasteiger partial charge < -0.3 is 4.74 Å². The predicted octanol–water partition coefficient (Wildman–Crippen LogP) is 0.665. The molecule has 0 bridgehead atoms. The van der Waals surface area contributed by atoms with Crippen LogP contribution >= 0.6 is 0 Å². The summed E-state index contributed by atoms with van der Waals surface area (Å²) >= 11 is 0. The number of hydrogen-bond donors (Lipinski definition) is 1. The van der Waals surface area contributed by atoms with E-state index in [0.717, 1.165) is 19.2 Å². The summed E-state index contributed by atoms with van der Waals surface area (Å²) in [4.78, 5) is 13.6. The second-order valence-corrected chi connectivity index (χ2v) is 5.06. The molecule has 0 aliphatic rings. The van der Waals surface area contributed by atoms with E-state index in [9.17, 15) is 22.0 Å². The Balaban J connectivity index is 2.73. The fraction of sp³-hybridized carbons (Fsp3) is 0.333. The van der Waals surface area contributed by atoms with E-state index in [1.165, 1.54) is 0 Å². The number of anilines is 1. The molecule has 18 heavy (non-hydrogen) atoms. The molecular formula is C9H10F2N2O4S. The maximum Gasteiger partial charge on any atom is 0.306 e. The molecule has 1 rings (SSSR count). The van der Waals surface area contributed by atoms with Gasteiger partial charge in [0.05, 0.1) is 19.3 Å². The lowest BCUT2D eigenvalue weighted by molar-refractivity contribution is -0.140. The average molecular weight is 280 g/mol. The van der Waals surface area contributed by atoms with Gasteiger partial charge in [0.1, 0.15) is 5.69 Å². The molecule has 0 amide bonds. The van der Waals surface area contributed by atoms with Gasteiger partial charge in [0, 0.05) is 0 Å². The average Bonchev–Trinajstić information content (AvgIpc) is 2.30. The van der Waals surface area contributed by atoms with E-state index < -0.39 is 39.3 Å². The van der Waals surface area contributed by atoms with Crippen molar-refractivity contribution in [2.24, 2.45) is 0 Å². The van der Waals surface area contributed by atoms with E-state index in [-0.39, 0.29) is 6.42 Å². The zero-order chi connectivity index (χ0) is 13.8. The van der Waals surface area contributed by atoms with Crippen LogP contribution in [0.1, 0.15) is 6.42 Å². The van der Waals surface area contributed by atoms with Crippen LogP contribution in [0.25, 0.3) is 0 Å². The smallest absolute Gasteiger partial charge is 0.306 e. The van der Waals surface area contributed by atoms with Crippen LogP contribution in [0.4, 0.5) is 14.5 Å². The quantitative estimate of drug-likeness (QED) is 0.632. The third-order valence-electron chi connectivity index (χ3n) is 1.88. The molecular weight excluding hydrogens is 270 g/mol. The van der Waals surface area contributed by atoms with Crippen LogP contribution in [0.2, 0.25) is 0 Å². The predicted molar refractivity (Wildman–Crippen MR) is 58.2 cm³/mol. The molecule has 1 N–H and O–H groups in total. The topological polar surface area (TPSA) is 85.4 Å². The third kappa shape index (κ3) is 4.24. The number of ether oxygens (including phenoxy) is 1. The lowest BCUT2D eigenvalue weighted by atomic mass is 10.4. The zero-order valence-corrected chi connectivity index (χ0v) is 10.1. The van der Waals surface area contributed by atoms with Crippen LogP contribution < -0.4 is 4.72 Å². The van der Waals surface area contributed by atoms with Gasteiger partial charge in [-0.15, -0.1) is 0 Å². The summed E-state index contributed by atoms with van der Waals surface area (Å²) in [6.07, 6.45) is -0.373. The van der Waals surface area contributed by atoms with Crippen molar-refractivity contribution < 1.29 is 26.7 Å². The van der Waals surface area contributed by atoms with Crippen LogP contribution in [-0.4, -0.2) is 32.2 Å². The normalized spacial score (nSPS) is 11.1. The van der Waals surface area contributed by atoms with Crippen molar-refractivity contribution in [1.82, 2.24) is 4.98 Å². The largest absolute Gasteiger partial charge is 0.469 e. The highest BCUT2D eigenvalue weighted by molar-refractivity contribution is 7.92. The molecule has 0 atom stereocenters. The highest BCUT2D eigenvalue weighted by Crippen LogP contribution is 2.13. The van der Waals surface area contributed by atoms with Gasteiger partial charge in [0.15, 0.2) is 0 Å². The fourth-order valence-corrected chi connectivity index (χ4v) is 2.05. The Bertz CT molecular complexity index is 547. The summed E-state index contributed by atoms with van der Waals surface area (Å²) in [5.74, 6) is -3.63. The monoisotopic (exact) mass is 280 g/mol. The molecule has 0 fully saturated rings. The molecule has 1 aromatic heterocycles. The van der Waals surface area contributed by atoms with Crippen molar-refractivity contribution in [2.45, 2.75) is 6.42 Å². The van der Waals surface area contributed by atoms with E-state index in [4.69, 9.17) is 0 Å². The molecule has 100 valence electrons. The molecule has 1 heterocycles. The molecule has 6 nitrogen and oxygen atoms in total. The lowest BCUT2D eigenvalue weighted by Gasteiger charge is -2.07. The highest BCUT2D eigenvalue weighted by atomic mass is 32.2. The van der Waals surface area contributed by atoms with E-state index >= 15 is 0 Å². The van der Waals surface area contributed by atoms with Crippen LogP contribution in [0.5, 0.6) is 0 Å². The second-order valence-electron chi connectivity index (χ2n) is 3.22. The van der Waals surface area contributed by atoms with Crippen LogP contribution in [0.3, 0.4) is 0 Å². The molecule has 0 aliphatic carbocycles. The number of halogens is 2. The van der Waals surface area contributed by atoms with Gasteiger partial charge in [-0.3, -0.25) is 9.52 Å². The maximum atomic E-state index is 13.1. The second kappa shape index (κ2) is 5.71. The van der Waals surface area contributed by atoms with E-state index in [2.05, 4.69) is 9.72 Å². The molecule has 9 heteroatoms. The van der Waals surface area contributed by atoms with E-state index in [1.54, 1.807) is 0 Å². The minimum absolute atomic E-state index is 0.373. The van der Waals surface area contributed by atoms with Gasteiger partial charge in [-0.05, 0) is 12.1 Å². The Kier molecular flexibility index (Phi) is 4.54. The van der Waals surface area contributed by atoms with E-state index in [1.807, 2.05) is 4.72 Å². The number of carbonyl (C=O) groups excluding carboxylic acids is 1. The summed E-state index contributed by atoms with van der Waals surface area (Å²) in [6.45, 7) is 0. The summed E-state index contributed by atoms with van der Waals surface area (Å²) < 4.78 is 54.6. The number of nitrogens with one attached hydrogen (secondary N) is 1. The van der Waals surface area contributed by atoms with Crippen molar-refractivity contribution in [1.29, 1.82) is 0 Å². The molecule has 0 saturated carbocycles. The summed E-state index contributed by atoms with van der Waals surface area (Å²) in [5.41, 5.74) is -0.485. The molecule has 0 aromatic carbocycles. The molecule has 0 saturated heterocycles. The van der Waals surface area contributed by atoms with Crippen LogP contribution in [0.15, 0.2) is 12.1 Å². The van der Waals surface area contributed by atoms with Crippen molar-refractivity contribution in [3.8, 4) is 0 Å². The van der Waals surface area contributed by atoms with Crippen LogP contribution in [0, 0.1) is 11.9 Å². The number of pyridine rings is 1. The zero-order valence-electron chi connectivity index (χ0n) is 9.31. The van der Waals surface area contributed by atoms with Gasteiger partial charge in [0.2, 0.25) is 21.9 Å². The standard InChI is InChI=1S/C9H10F2N2O4S/c1-17-8(14)4-5-18(15,16)13-6-2-3-7(10)12-9(6)11/h2-3,13H,4-5H2,1H3. The number of hydrogen-bond acceptors (Lipinski definition) is 5. The van der Waals surface area contributed by atoms with Crippen molar-refractivity contribution in [3.05, 3.63) is 24.0 Å². The molecule has 0 unspecified atom stereocenters. The molecule has 0 spiro atoms. The maximum absolute atomic E-state index is 13.1. The van der Waals surface area contributed by atoms with Crippen molar-refractivity contribution >= 4 is 21.7 Å². The first-order valence-electron chi connectivity index (χ1n) is 4.73. The Morgan fingerprint density at radius 1 is 1.44 bits per heavy atom. The Morgan fingerprint density at radius 2 is 2.11 bits per heavy atom. The summed E-state index contributed by atoms with van der Waals surface area (Å²) in [6, 6.07) is 1.70. The fourth-order valence-electron chi connectivity index (χ4n) is 1.03. The Morgan fingerprint density at radius 3 is 2.67 bits per heavy atom. The van der Waals surface area contributed by atoms with Crippen molar-refractivity contribution in [2.75, 3.05) is 17.6 Å². The molecule has 0 aliphatic heterocycles. The first-order chi connectivity index (χ1) is 8.34. The SMILES string of the molecule is COC(=O)CCS(=O)(=O)Nc1ccc(F)nc1F. The first kappa shape index (κ1) is 14.3. The number of rotatable bonds is 5. The number of nitrogens with zero attached hydrogens (tertiary/aromatic N) is 1. The summed E-state index contributed by atoms with van der Waals surface area (Å²) in [5, 5.41) is 0. The number of esters is 1. The van der Waals surface area contributed by atoms with Gasteiger partial charge in [0.25, 0.3) is 0 Å². The number of aromatic nitrogens is 1. The van der Waals surface area contributed by atoms with Gasteiger partial charge in [-0.25, -0.2) is 8.42 Å². The first-order valence-corrected chi connectivity index (χ1v) is 6.38. The minimum atomic E-state index is -3.93. The third-order valence-corrected chi connectivity index (χ3v) is 3.16. The highest BCUT2D eigenvalue weighted by Gasteiger charge is 2.16. The number of methoxy groups -OCH3 is 1. The van der Waals surface area contributed by atoms with Gasteiger partial charge in [-0.2, -0.15) is 13.8 Å². The molecule has 0 radical (unpaired) electrons. The van der Waals surface area contributed by atoms with Gasteiger partial charge in [-0.1, -0.05) is 0 Å². The lowest BCUT2D eigenvalue weighted by Crippen LogP contribution is -2.20.